The van der Waals surface area contributed by atoms with Gasteiger partial charge in [0.2, 0.25) is 0 Å². The van der Waals surface area contributed by atoms with Crippen molar-refractivity contribution in [2.75, 3.05) is 12.3 Å². The Morgan fingerprint density at radius 1 is 1.06 bits per heavy atom. The molecule has 3 N–H and O–H groups in total. The zero-order valence-electron chi connectivity index (χ0n) is 9.71. The van der Waals surface area contributed by atoms with E-state index in [-0.39, 0.29) is 6.61 Å². The van der Waals surface area contributed by atoms with E-state index in [9.17, 15) is 5.11 Å². The molecule has 0 bridgehead atoms. The Balaban J connectivity index is 1.93. The minimum atomic E-state index is -0.648. The van der Waals surface area contributed by atoms with Crippen molar-refractivity contribution in [3.63, 3.8) is 0 Å². The van der Waals surface area contributed by atoms with Crippen molar-refractivity contribution in [2.24, 2.45) is 0 Å². The number of aliphatic hydroxyl groups excluding tert-OH is 1. The minimum absolute atomic E-state index is 0.227. The fourth-order valence-corrected chi connectivity index (χ4v) is 1.88. The first-order chi connectivity index (χ1) is 8.65. The first-order valence-electron chi connectivity index (χ1n) is 5.57. The summed E-state index contributed by atoms with van der Waals surface area (Å²) in [6, 6.07) is 14.8. The molecule has 1 unspecified atom stereocenters. The number of anilines is 1. The van der Waals surface area contributed by atoms with Crippen molar-refractivity contribution < 1.29 is 9.84 Å². The molecule has 2 aromatic rings. The lowest BCUT2D eigenvalue weighted by molar-refractivity contribution is 0.108. The van der Waals surface area contributed by atoms with Gasteiger partial charge < -0.3 is 15.6 Å². The second-order valence-electron chi connectivity index (χ2n) is 3.95. The number of nitrogen functional groups attached to an aromatic ring is 1. The van der Waals surface area contributed by atoms with Gasteiger partial charge in [0.25, 0.3) is 0 Å². The normalized spacial score (nSPS) is 12.1. The van der Waals surface area contributed by atoms with Crippen LogP contribution >= 0.6 is 22.6 Å². The molecule has 0 amide bonds. The second-order valence-corrected chi connectivity index (χ2v) is 5.19. The van der Waals surface area contributed by atoms with E-state index >= 15 is 0 Å². The van der Waals surface area contributed by atoms with Crippen molar-refractivity contribution in [3.8, 4) is 5.75 Å². The Labute approximate surface area is 120 Å². The van der Waals surface area contributed by atoms with Crippen molar-refractivity contribution in [2.45, 2.75) is 6.10 Å². The molecular weight excluding hydrogens is 341 g/mol. The summed E-state index contributed by atoms with van der Waals surface area (Å²) in [7, 11) is 0. The highest BCUT2D eigenvalue weighted by Crippen LogP contribution is 2.18. The third-order valence-corrected chi connectivity index (χ3v) is 3.26. The molecule has 4 heteroatoms. The van der Waals surface area contributed by atoms with Gasteiger partial charge in [0, 0.05) is 9.26 Å². The molecule has 94 valence electrons. The van der Waals surface area contributed by atoms with Gasteiger partial charge in [0.15, 0.2) is 0 Å². The molecule has 0 aliphatic heterocycles. The number of rotatable bonds is 4. The van der Waals surface area contributed by atoms with Crippen molar-refractivity contribution in [1.82, 2.24) is 0 Å². The molecule has 2 rings (SSSR count). The standard InChI is InChI=1S/C14H14INO2/c15-11-3-7-13(8-4-11)18-9-14(17)10-1-5-12(16)6-2-10/h1-8,14,17H,9,16H2. The van der Waals surface area contributed by atoms with Gasteiger partial charge >= 0.3 is 0 Å². The number of nitrogens with two attached hydrogens (primary N) is 1. The molecule has 18 heavy (non-hydrogen) atoms. The number of aliphatic hydroxyl groups is 1. The largest absolute Gasteiger partial charge is 0.491 e. The number of hydrogen-bond donors (Lipinski definition) is 2. The molecule has 0 heterocycles. The second kappa shape index (κ2) is 6.06. The third kappa shape index (κ3) is 3.61. The molecule has 0 aromatic heterocycles. The summed E-state index contributed by atoms with van der Waals surface area (Å²) >= 11 is 2.23. The first kappa shape index (κ1) is 13.2. The van der Waals surface area contributed by atoms with E-state index in [0.717, 1.165) is 14.9 Å². The van der Waals surface area contributed by atoms with E-state index < -0.39 is 6.10 Å². The fourth-order valence-electron chi connectivity index (χ4n) is 1.52. The first-order valence-corrected chi connectivity index (χ1v) is 6.65. The summed E-state index contributed by atoms with van der Waals surface area (Å²) in [5.41, 5.74) is 7.08. The van der Waals surface area contributed by atoms with Gasteiger partial charge in [-0.2, -0.15) is 0 Å². The van der Waals surface area contributed by atoms with Crippen LogP contribution in [-0.2, 0) is 0 Å². The molecule has 0 radical (unpaired) electrons. The zero-order chi connectivity index (χ0) is 13.0. The lowest BCUT2D eigenvalue weighted by atomic mass is 10.1. The van der Waals surface area contributed by atoms with Crippen molar-refractivity contribution in [3.05, 3.63) is 57.7 Å². The van der Waals surface area contributed by atoms with Crippen LogP contribution in [0.5, 0.6) is 5.75 Å². The van der Waals surface area contributed by atoms with Crippen molar-refractivity contribution in [1.29, 1.82) is 0 Å². The third-order valence-electron chi connectivity index (χ3n) is 2.54. The Morgan fingerprint density at radius 3 is 2.28 bits per heavy atom. The molecule has 2 aromatic carbocycles. The van der Waals surface area contributed by atoms with Gasteiger partial charge in [-0.05, 0) is 64.6 Å². The molecule has 0 aliphatic rings. The average molecular weight is 355 g/mol. The Kier molecular flexibility index (Phi) is 4.43. The number of halogens is 1. The predicted molar refractivity (Wildman–Crippen MR) is 80.5 cm³/mol. The van der Waals surface area contributed by atoms with Crippen LogP contribution in [0.2, 0.25) is 0 Å². The predicted octanol–water partition coefficient (Wildman–Crippen LogP) is 2.99. The Bertz CT molecular complexity index is 496. The van der Waals surface area contributed by atoms with Gasteiger partial charge in [-0.3, -0.25) is 0 Å². The zero-order valence-corrected chi connectivity index (χ0v) is 11.9. The maximum absolute atomic E-state index is 9.96. The highest BCUT2D eigenvalue weighted by atomic mass is 127. The van der Waals surface area contributed by atoms with Crippen LogP contribution in [0.1, 0.15) is 11.7 Å². The average Bonchev–Trinajstić information content (AvgIpc) is 2.38. The molecule has 3 nitrogen and oxygen atoms in total. The quantitative estimate of drug-likeness (QED) is 0.655. The van der Waals surface area contributed by atoms with Gasteiger partial charge in [-0.1, -0.05) is 12.1 Å². The van der Waals surface area contributed by atoms with Gasteiger partial charge in [-0.15, -0.1) is 0 Å². The maximum Gasteiger partial charge on any atom is 0.119 e. The van der Waals surface area contributed by atoms with E-state index in [4.69, 9.17) is 10.5 Å². The molecule has 1 atom stereocenters. The highest BCUT2D eigenvalue weighted by molar-refractivity contribution is 14.1. The lowest BCUT2D eigenvalue weighted by Gasteiger charge is -2.13. The van der Waals surface area contributed by atoms with Crippen molar-refractivity contribution >= 4 is 28.3 Å². The maximum atomic E-state index is 9.96. The fraction of sp³-hybridized carbons (Fsp3) is 0.143. The summed E-state index contributed by atoms with van der Waals surface area (Å²) in [6.07, 6.45) is -0.648. The van der Waals surface area contributed by atoms with E-state index in [2.05, 4.69) is 22.6 Å². The molecule has 0 fully saturated rings. The summed E-state index contributed by atoms with van der Waals surface area (Å²) in [4.78, 5) is 0. The van der Waals surface area contributed by atoms with Gasteiger partial charge in [-0.25, -0.2) is 0 Å². The Hall–Kier alpha value is -1.27. The van der Waals surface area contributed by atoms with Gasteiger partial charge in [0.05, 0.1) is 0 Å². The summed E-state index contributed by atoms with van der Waals surface area (Å²) < 4.78 is 6.67. The minimum Gasteiger partial charge on any atom is -0.491 e. The van der Waals surface area contributed by atoms with Crippen LogP contribution in [0.4, 0.5) is 5.69 Å². The van der Waals surface area contributed by atoms with Crippen LogP contribution < -0.4 is 10.5 Å². The van der Waals surface area contributed by atoms with Crippen LogP contribution in [0.3, 0.4) is 0 Å². The topological polar surface area (TPSA) is 55.5 Å². The molecule has 0 saturated carbocycles. The molecular formula is C14H14INO2. The Morgan fingerprint density at radius 2 is 1.67 bits per heavy atom. The van der Waals surface area contributed by atoms with E-state index in [0.29, 0.717) is 5.69 Å². The van der Waals surface area contributed by atoms with Gasteiger partial charge in [0.1, 0.15) is 18.5 Å². The van der Waals surface area contributed by atoms with E-state index in [1.54, 1.807) is 24.3 Å². The summed E-state index contributed by atoms with van der Waals surface area (Å²) in [5.74, 6) is 0.755. The van der Waals surface area contributed by atoms with Crippen LogP contribution in [-0.4, -0.2) is 11.7 Å². The smallest absolute Gasteiger partial charge is 0.119 e. The van der Waals surface area contributed by atoms with E-state index in [1.807, 2.05) is 24.3 Å². The lowest BCUT2D eigenvalue weighted by Crippen LogP contribution is -2.09. The SMILES string of the molecule is Nc1ccc(C(O)COc2ccc(I)cc2)cc1. The van der Waals surface area contributed by atoms with Crippen LogP contribution in [0.25, 0.3) is 0 Å². The number of hydrogen-bond acceptors (Lipinski definition) is 3. The highest BCUT2D eigenvalue weighted by Gasteiger charge is 2.08. The molecule has 0 aliphatic carbocycles. The monoisotopic (exact) mass is 355 g/mol. The van der Waals surface area contributed by atoms with Crippen LogP contribution in [0, 0.1) is 3.57 Å². The number of benzene rings is 2. The summed E-state index contributed by atoms with van der Waals surface area (Å²) in [5, 5.41) is 9.96. The summed E-state index contributed by atoms with van der Waals surface area (Å²) in [6.45, 7) is 0.227. The van der Waals surface area contributed by atoms with E-state index in [1.165, 1.54) is 0 Å². The van der Waals surface area contributed by atoms with Crippen LogP contribution in [0.15, 0.2) is 48.5 Å². The molecule has 0 spiro atoms. The molecule has 0 saturated heterocycles. The number of ether oxygens (including phenoxy) is 1.